The van der Waals surface area contributed by atoms with Crippen LogP contribution in [-0.2, 0) is 19.1 Å². The summed E-state index contributed by atoms with van der Waals surface area (Å²) in [4.78, 5) is 42.1. The van der Waals surface area contributed by atoms with Crippen molar-refractivity contribution < 1.29 is 23.9 Å². The van der Waals surface area contributed by atoms with Gasteiger partial charge in [-0.2, -0.15) is 0 Å². The maximum Gasteiger partial charge on any atom is 0.409 e. The Morgan fingerprint density at radius 1 is 1.11 bits per heavy atom. The molecule has 2 fully saturated rings. The first-order valence-corrected chi connectivity index (χ1v) is 9.56. The van der Waals surface area contributed by atoms with Crippen molar-refractivity contribution in [3.63, 3.8) is 0 Å². The normalized spacial score (nSPS) is 23.0. The Kier molecular flexibility index (Phi) is 6.18. The monoisotopic (exact) mass is 389 g/mol. The fourth-order valence-corrected chi connectivity index (χ4v) is 3.58. The minimum absolute atomic E-state index is 0.113. The molecule has 2 heterocycles. The van der Waals surface area contributed by atoms with Gasteiger partial charge in [-0.25, -0.2) is 4.79 Å². The second kappa shape index (κ2) is 8.60. The number of aryl methyl sites for hydroxylation is 1. The molecular weight excluding hydrogens is 362 g/mol. The SMILES string of the molecule is CCOC(=O)N1CCN(C(=O)[C@@H]2OCC(=O)N(C)[C@H]2c2ccc(C)cc2)CC1. The lowest BCUT2D eigenvalue weighted by molar-refractivity contribution is -0.168. The van der Waals surface area contributed by atoms with Crippen molar-refractivity contribution in [2.24, 2.45) is 0 Å². The number of piperazine rings is 1. The van der Waals surface area contributed by atoms with Crippen LogP contribution in [0, 0.1) is 6.92 Å². The summed E-state index contributed by atoms with van der Waals surface area (Å²) in [6, 6.07) is 7.30. The van der Waals surface area contributed by atoms with Crippen LogP contribution in [0.1, 0.15) is 24.1 Å². The smallest absolute Gasteiger partial charge is 0.409 e. The molecule has 2 aliphatic heterocycles. The van der Waals surface area contributed by atoms with Gasteiger partial charge in [-0.05, 0) is 19.4 Å². The molecular formula is C20H27N3O5. The minimum Gasteiger partial charge on any atom is -0.450 e. The van der Waals surface area contributed by atoms with Crippen LogP contribution in [0.3, 0.4) is 0 Å². The summed E-state index contributed by atoms with van der Waals surface area (Å²) < 4.78 is 10.7. The van der Waals surface area contributed by atoms with Crippen molar-refractivity contribution in [1.82, 2.24) is 14.7 Å². The second-order valence-corrected chi connectivity index (χ2v) is 7.10. The molecule has 2 aliphatic rings. The van der Waals surface area contributed by atoms with Crippen molar-refractivity contribution in [2.75, 3.05) is 46.4 Å². The van der Waals surface area contributed by atoms with E-state index in [0.717, 1.165) is 11.1 Å². The van der Waals surface area contributed by atoms with Crippen LogP contribution in [0.4, 0.5) is 4.79 Å². The highest BCUT2D eigenvalue weighted by Crippen LogP contribution is 2.30. The van der Waals surface area contributed by atoms with Crippen LogP contribution < -0.4 is 0 Å². The molecule has 8 nitrogen and oxygen atoms in total. The average Bonchev–Trinajstić information content (AvgIpc) is 2.70. The number of hydrogen-bond donors (Lipinski definition) is 0. The fraction of sp³-hybridized carbons (Fsp3) is 0.550. The Hall–Kier alpha value is -2.61. The predicted octanol–water partition coefficient (Wildman–Crippen LogP) is 1.19. The van der Waals surface area contributed by atoms with Gasteiger partial charge in [-0.15, -0.1) is 0 Å². The van der Waals surface area contributed by atoms with Crippen LogP contribution in [0.2, 0.25) is 0 Å². The van der Waals surface area contributed by atoms with Gasteiger partial charge in [0.15, 0.2) is 6.10 Å². The van der Waals surface area contributed by atoms with E-state index in [2.05, 4.69) is 0 Å². The molecule has 3 rings (SSSR count). The lowest BCUT2D eigenvalue weighted by Crippen LogP contribution is -2.57. The van der Waals surface area contributed by atoms with E-state index >= 15 is 0 Å². The van der Waals surface area contributed by atoms with E-state index in [4.69, 9.17) is 9.47 Å². The summed E-state index contributed by atoms with van der Waals surface area (Å²) in [5, 5.41) is 0. The number of likely N-dealkylation sites (N-methyl/N-ethyl adjacent to an activating group) is 1. The topological polar surface area (TPSA) is 79.4 Å². The quantitative estimate of drug-likeness (QED) is 0.776. The molecule has 2 atom stereocenters. The predicted molar refractivity (Wildman–Crippen MR) is 102 cm³/mol. The summed E-state index contributed by atoms with van der Waals surface area (Å²) >= 11 is 0. The number of hydrogen-bond acceptors (Lipinski definition) is 5. The standard InChI is InChI=1S/C20H27N3O5/c1-4-27-20(26)23-11-9-22(10-12-23)19(25)18-17(21(3)16(24)13-28-18)15-7-5-14(2)6-8-15/h5-8,17-18H,4,9-13H2,1-3H3/t17-,18+/m0/s1. The molecule has 1 aromatic carbocycles. The Morgan fingerprint density at radius 2 is 1.71 bits per heavy atom. The first kappa shape index (κ1) is 20.1. The molecule has 8 heteroatoms. The first-order valence-electron chi connectivity index (χ1n) is 9.56. The van der Waals surface area contributed by atoms with Crippen LogP contribution in [0.15, 0.2) is 24.3 Å². The van der Waals surface area contributed by atoms with Gasteiger partial charge >= 0.3 is 6.09 Å². The van der Waals surface area contributed by atoms with E-state index in [1.54, 1.807) is 28.7 Å². The Labute approximate surface area is 165 Å². The summed E-state index contributed by atoms with van der Waals surface area (Å²) in [6.07, 6.45) is -1.12. The molecule has 2 saturated heterocycles. The molecule has 152 valence electrons. The fourth-order valence-electron chi connectivity index (χ4n) is 3.58. The van der Waals surface area contributed by atoms with Crippen LogP contribution >= 0.6 is 0 Å². The van der Waals surface area contributed by atoms with Gasteiger partial charge in [-0.3, -0.25) is 9.59 Å². The second-order valence-electron chi connectivity index (χ2n) is 7.10. The van der Waals surface area contributed by atoms with Crippen LogP contribution in [0.25, 0.3) is 0 Å². The molecule has 28 heavy (non-hydrogen) atoms. The third kappa shape index (κ3) is 4.11. The van der Waals surface area contributed by atoms with E-state index in [1.807, 2.05) is 31.2 Å². The third-order valence-electron chi connectivity index (χ3n) is 5.26. The zero-order chi connectivity index (χ0) is 20.3. The van der Waals surface area contributed by atoms with E-state index in [-0.39, 0.29) is 24.5 Å². The van der Waals surface area contributed by atoms with Crippen molar-refractivity contribution in [1.29, 1.82) is 0 Å². The highest BCUT2D eigenvalue weighted by Gasteiger charge is 2.42. The average molecular weight is 389 g/mol. The number of carbonyl (C=O) groups excluding carboxylic acids is 3. The number of rotatable bonds is 3. The minimum atomic E-state index is -0.764. The lowest BCUT2D eigenvalue weighted by Gasteiger charge is -2.42. The lowest BCUT2D eigenvalue weighted by atomic mass is 9.96. The van der Waals surface area contributed by atoms with Gasteiger partial charge < -0.3 is 24.2 Å². The van der Waals surface area contributed by atoms with Gasteiger partial charge in [0.2, 0.25) is 5.91 Å². The molecule has 0 aliphatic carbocycles. The zero-order valence-corrected chi connectivity index (χ0v) is 16.6. The van der Waals surface area contributed by atoms with E-state index < -0.39 is 12.1 Å². The molecule has 0 saturated carbocycles. The highest BCUT2D eigenvalue weighted by atomic mass is 16.6. The molecule has 0 bridgehead atoms. The number of amides is 3. The van der Waals surface area contributed by atoms with Crippen LogP contribution in [-0.4, -0.2) is 85.2 Å². The summed E-state index contributed by atoms with van der Waals surface area (Å²) in [5.41, 5.74) is 1.97. The van der Waals surface area contributed by atoms with E-state index in [1.165, 1.54) is 0 Å². The number of benzene rings is 1. The molecule has 0 N–H and O–H groups in total. The number of carbonyl (C=O) groups is 3. The third-order valence-corrected chi connectivity index (χ3v) is 5.26. The number of morpholine rings is 1. The molecule has 0 spiro atoms. The van der Waals surface area contributed by atoms with E-state index in [9.17, 15) is 14.4 Å². The van der Waals surface area contributed by atoms with Crippen molar-refractivity contribution in [2.45, 2.75) is 26.0 Å². The Balaban J connectivity index is 1.73. The van der Waals surface area contributed by atoms with E-state index in [0.29, 0.717) is 32.8 Å². The molecule has 3 amide bonds. The Morgan fingerprint density at radius 3 is 2.32 bits per heavy atom. The van der Waals surface area contributed by atoms with Gasteiger partial charge in [0.25, 0.3) is 5.91 Å². The number of ether oxygens (including phenoxy) is 2. The highest BCUT2D eigenvalue weighted by molar-refractivity contribution is 5.86. The van der Waals surface area contributed by atoms with Crippen LogP contribution in [0.5, 0.6) is 0 Å². The van der Waals surface area contributed by atoms with Crippen molar-refractivity contribution in [3.8, 4) is 0 Å². The maximum absolute atomic E-state index is 13.2. The first-order chi connectivity index (χ1) is 13.4. The molecule has 0 radical (unpaired) electrons. The van der Waals surface area contributed by atoms with Crippen molar-refractivity contribution >= 4 is 17.9 Å². The molecule has 1 aromatic rings. The number of nitrogens with zero attached hydrogens (tertiary/aromatic N) is 3. The summed E-state index contributed by atoms with van der Waals surface area (Å²) in [6.45, 7) is 5.63. The van der Waals surface area contributed by atoms with Crippen molar-refractivity contribution in [3.05, 3.63) is 35.4 Å². The van der Waals surface area contributed by atoms with Gasteiger partial charge in [0.1, 0.15) is 6.61 Å². The van der Waals surface area contributed by atoms with Gasteiger partial charge in [0.05, 0.1) is 12.6 Å². The van der Waals surface area contributed by atoms with Gasteiger partial charge in [-0.1, -0.05) is 29.8 Å². The zero-order valence-electron chi connectivity index (χ0n) is 16.6. The summed E-state index contributed by atoms with van der Waals surface area (Å²) in [5.74, 6) is -0.310. The largest absolute Gasteiger partial charge is 0.450 e. The molecule has 0 aromatic heterocycles. The summed E-state index contributed by atoms with van der Waals surface area (Å²) in [7, 11) is 1.70. The maximum atomic E-state index is 13.2. The van der Waals surface area contributed by atoms with Gasteiger partial charge in [0, 0.05) is 33.2 Å². The Bertz CT molecular complexity index is 728. The molecule has 0 unspecified atom stereocenters.